The Morgan fingerprint density at radius 2 is 1.62 bits per heavy atom. The first-order chi connectivity index (χ1) is 25.7. The average molecular weight is 774 g/mol. The number of fused-ring (bicyclic) bond motifs is 8. The van der Waals surface area contributed by atoms with Crippen LogP contribution in [0.25, 0.3) is 0 Å². The molecule has 7 rings (SSSR count). The van der Waals surface area contributed by atoms with Gasteiger partial charge in [-0.1, -0.05) is 0 Å². The Labute approximate surface area is 316 Å². The summed E-state index contributed by atoms with van der Waals surface area (Å²) in [6, 6.07) is 1.37. The zero-order chi connectivity index (χ0) is 40.4. The molecule has 0 aromatic heterocycles. The van der Waals surface area contributed by atoms with E-state index in [9.17, 15) is 45.0 Å². The molecule has 3 aliphatic heterocycles. The molecule has 2 saturated heterocycles. The number of aliphatic carboxylic acids is 1. The van der Waals surface area contributed by atoms with Crippen LogP contribution >= 0.6 is 0 Å². The quantitative estimate of drug-likeness (QED) is 0.197. The van der Waals surface area contributed by atoms with E-state index in [1.807, 2.05) is 0 Å². The third kappa shape index (κ3) is 5.40. The molecule has 2 fully saturated rings. The van der Waals surface area contributed by atoms with Gasteiger partial charge >= 0.3 is 5.97 Å². The van der Waals surface area contributed by atoms with Gasteiger partial charge in [-0.25, -0.2) is 0 Å². The van der Waals surface area contributed by atoms with Gasteiger partial charge in [-0.05, 0) is 59.5 Å². The van der Waals surface area contributed by atoms with Crippen LogP contribution in [0.4, 0.5) is 0 Å². The molecule has 0 amide bonds. The number of aliphatic hydroxyl groups excluding tert-OH is 2. The first-order valence-corrected chi connectivity index (χ1v) is 17.8. The van der Waals surface area contributed by atoms with E-state index < -0.39 is 136 Å². The number of carbonyl (C=O) groups excluding carboxylic acids is 2. The third-order valence-corrected chi connectivity index (χ3v) is 12.3. The van der Waals surface area contributed by atoms with E-state index in [0.29, 0.717) is 0 Å². The van der Waals surface area contributed by atoms with Crippen LogP contribution in [0.1, 0.15) is 94.7 Å². The Morgan fingerprint density at radius 3 is 2.20 bits per heavy atom. The number of nitrogens with zero attached hydrogens (tertiary/aromatic N) is 1. The largest absolute Gasteiger partial charge is 0.507 e. The Balaban J connectivity index is 1.39. The zero-order valence-electron chi connectivity index (χ0n) is 31.8. The van der Waals surface area contributed by atoms with Crippen molar-refractivity contribution in [1.29, 1.82) is 0 Å². The van der Waals surface area contributed by atoms with Crippen LogP contribution in [-0.4, -0.2) is 149 Å². The Kier molecular flexibility index (Phi) is 9.44. The molecule has 13 unspecified atom stereocenters. The Bertz CT molecular complexity index is 1960. The number of phenolic OH excluding ortho intramolecular Hbond substituents is 2. The summed E-state index contributed by atoms with van der Waals surface area (Å²) < 4.78 is 42.0. The van der Waals surface area contributed by atoms with Gasteiger partial charge in [0.05, 0.1) is 40.5 Å². The minimum Gasteiger partial charge on any atom is -0.507 e. The molecule has 0 radical (unpaired) electrons. The van der Waals surface area contributed by atoms with Crippen LogP contribution in [0, 0.1) is 0 Å². The van der Waals surface area contributed by atoms with Gasteiger partial charge in [-0.2, -0.15) is 0 Å². The highest BCUT2D eigenvalue weighted by Gasteiger charge is 2.60. The summed E-state index contributed by atoms with van der Waals surface area (Å²) in [5.41, 5.74) is -7.13. The number of ketones is 2. The molecule has 2 aromatic carbocycles. The fourth-order valence-corrected chi connectivity index (χ4v) is 9.58. The molecular weight excluding hydrogens is 726 g/mol. The van der Waals surface area contributed by atoms with E-state index in [2.05, 4.69) is 0 Å². The molecule has 55 heavy (non-hydrogen) atoms. The second-order valence-corrected chi connectivity index (χ2v) is 15.8. The van der Waals surface area contributed by atoms with Gasteiger partial charge in [0.1, 0.15) is 58.8 Å². The topological polar surface area (TPSA) is 240 Å². The number of aliphatic hydroxyl groups is 3. The van der Waals surface area contributed by atoms with Gasteiger partial charge in [0, 0.05) is 44.4 Å². The molecule has 2 aliphatic carbocycles. The van der Waals surface area contributed by atoms with Crippen LogP contribution in [0.15, 0.2) is 12.1 Å². The van der Waals surface area contributed by atoms with Gasteiger partial charge in [-0.15, -0.1) is 0 Å². The SMILES string of the molecule is COC1C(C)OC(OC2CC(C)(O)C(C(=O)O)c3cc4c(c(O)c32)C(=O)c2c(O)cc3c(c2C4=O)OC2OC3(C)C(O)C(N(C)C)C2O)C(OC)C1(C)OC. The summed E-state index contributed by atoms with van der Waals surface area (Å²) in [5.74, 6) is -6.86. The minimum atomic E-state index is -2.04. The lowest BCUT2D eigenvalue weighted by Gasteiger charge is -2.53. The van der Waals surface area contributed by atoms with E-state index >= 15 is 0 Å². The number of carboxylic acids is 1. The molecule has 17 heteroatoms. The molecule has 17 nitrogen and oxygen atoms in total. The molecule has 6 N–H and O–H groups in total. The molecule has 13 atom stereocenters. The van der Waals surface area contributed by atoms with Gasteiger partial charge < -0.3 is 68.7 Å². The van der Waals surface area contributed by atoms with Crippen molar-refractivity contribution in [2.75, 3.05) is 35.4 Å². The number of hydrogen-bond acceptors (Lipinski definition) is 16. The van der Waals surface area contributed by atoms with Crippen molar-refractivity contribution in [2.24, 2.45) is 0 Å². The lowest BCUT2D eigenvalue weighted by atomic mass is 9.68. The van der Waals surface area contributed by atoms with Gasteiger partial charge in [0.2, 0.25) is 12.1 Å². The summed E-state index contributed by atoms with van der Waals surface area (Å²) in [6.45, 7) is 6.25. The molecule has 300 valence electrons. The van der Waals surface area contributed by atoms with Crippen LogP contribution in [0.3, 0.4) is 0 Å². The number of methoxy groups -OCH3 is 3. The number of phenols is 2. The van der Waals surface area contributed by atoms with Crippen molar-refractivity contribution in [3.05, 3.63) is 51.1 Å². The van der Waals surface area contributed by atoms with Gasteiger partial charge in [0.15, 0.2) is 12.1 Å². The number of carbonyl (C=O) groups is 3. The zero-order valence-corrected chi connectivity index (χ0v) is 31.8. The predicted octanol–water partition coefficient (Wildman–Crippen LogP) is 1.05. The maximum atomic E-state index is 14.7. The molecule has 2 aromatic rings. The monoisotopic (exact) mass is 773 g/mol. The van der Waals surface area contributed by atoms with Crippen LogP contribution < -0.4 is 4.74 Å². The molecular formula is C38H47NO16. The van der Waals surface area contributed by atoms with Crippen LogP contribution in [-0.2, 0) is 38.8 Å². The fourth-order valence-electron chi connectivity index (χ4n) is 9.58. The van der Waals surface area contributed by atoms with E-state index in [4.69, 9.17) is 33.2 Å². The van der Waals surface area contributed by atoms with Gasteiger partial charge in [0.25, 0.3) is 0 Å². The number of rotatable bonds is 7. The van der Waals surface area contributed by atoms with E-state index in [1.165, 1.54) is 35.2 Å². The molecule has 3 heterocycles. The maximum absolute atomic E-state index is 14.7. The highest BCUT2D eigenvalue weighted by atomic mass is 16.7. The highest BCUT2D eigenvalue weighted by molar-refractivity contribution is 6.31. The lowest BCUT2D eigenvalue weighted by molar-refractivity contribution is -0.345. The van der Waals surface area contributed by atoms with Crippen LogP contribution in [0.5, 0.6) is 17.2 Å². The summed E-state index contributed by atoms with van der Waals surface area (Å²) in [7, 11) is 7.64. The average Bonchev–Trinajstić information content (AvgIpc) is 3.09. The van der Waals surface area contributed by atoms with Crippen molar-refractivity contribution < 1.29 is 78.2 Å². The number of aromatic hydroxyl groups is 2. The predicted molar refractivity (Wildman–Crippen MR) is 186 cm³/mol. The number of benzene rings is 2. The fraction of sp³-hybridized carbons (Fsp3) is 0.605. The maximum Gasteiger partial charge on any atom is 0.313 e. The van der Waals surface area contributed by atoms with E-state index in [1.54, 1.807) is 32.8 Å². The third-order valence-electron chi connectivity index (χ3n) is 12.3. The van der Waals surface area contributed by atoms with E-state index in [-0.39, 0.29) is 22.4 Å². The first kappa shape index (κ1) is 39.5. The number of carboxylic acid groups (broad SMARTS) is 1. The van der Waals surface area contributed by atoms with Crippen molar-refractivity contribution in [2.45, 2.75) is 112 Å². The standard InChI is InChI=1S/C38H47NO16/c1-13-31(49-7)38(4,51-9)32(50-8)35(52-13)53-18-12-36(2,48)23(33(46)47)14-10-15-20(26(42)19(14)18)27(43)21-17(40)11-16-29(22(21)25(15)41)54-34-28(44)24(39(5)6)30(45)37(16,3)55-34/h10-11,13,18,23-24,28,30-32,34-35,40,42,44-45,48H,12H2,1-9H3,(H,46,47). The summed E-state index contributed by atoms with van der Waals surface area (Å²) >= 11 is 0. The minimum absolute atomic E-state index is 0.0195. The van der Waals surface area contributed by atoms with Crippen molar-refractivity contribution in [1.82, 2.24) is 4.90 Å². The Hall–Kier alpha value is -3.75. The molecule has 0 saturated carbocycles. The normalized spacial score (nSPS) is 39.1. The van der Waals surface area contributed by atoms with Crippen molar-refractivity contribution >= 4 is 17.5 Å². The van der Waals surface area contributed by atoms with Crippen molar-refractivity contribution in [3.8, 4) is 17.2 Å². The second-order valence-electron chi connectivity index (χ2n) is 15.8. The number of ether oxygens (including phenoxy) is 7. The highest BCUT2D eigenvalue weighted by Crippen LogP contribution is 2.56. The summed E-state index contributed by atoms with van der Waals surface area (Å²) in [4.78, 5) is 43.6. The van der Waals surface area contributed by atoms with E-state index in [0.717, 1.165) is 12.1 Å². The van der Waals surface area contributed by atoms with Crippen LogP contribution in [0.2, 0.25) is 0 Å². The molecule has 2 bridgehead atoms. The summed E-state index contributed by atoms with van der Waals surface area (Å²) in [5, 5.41) is 68.3. The number of likely N-dealkylation sites (N-methyl/N-ethyl adjacent to an activating group) is 1. The van der Waals surface area contributed by atoms with Gasteiger partial charge in [-0.3, -0.25) is 14.4 Å². The van der Waals surface area contributed by atoms with Crippen molar-refractivity contribution in [3.63, 3.8) is 0 Å². The Morgan fingerprint density at radius 1 is 0.964 bits per heavy atom. The first-order valence-electron chi connectivity index (χ1n) is 17.8. The number of hydrogen-bond donors (Lipinski definition) is 6. The smallest absolute Gasteiger partial charge is 0.313 e. The lowest BCUT2D eigenvalue weighted by Crippen LogP contribution is -2.68. The molecule has 0 spiro atoms. The summed E-state index contributed by atoms with van der Waals surface area (Å²) in [6.07, 6.45) is -9.43. The second kappa shape index (κ2) is 13.2. The molecule has 5 aliphatic rings.